The Morgan fingerprint density at radius 3 is 2.68 bits per heavy atom. The summed E-state index contributed by atoms with van der Waals surface area (Å²) in [5.74, 6) is 1.34. The molecule has 2 aromatic rings. The lowest BCUT2D eigenvalue weighted by Gasteiger charge is -2.20. The summed E-state index contributed by atoms with van der Waals surface area (Å²) in [7, 11) is 0. The van der Waals surface area contributed by atoms with Gasteiger partial charge in [-0.25, -0.2) is 0 Å². The second-order valence-electron chi connectivity index (χ2n) is 4.94. The number of benzene rings is 1. The third kappa shape index (κ3) is 3.22. The normalized spacial score (nSPS) is 15.1. The highest BCUT2D eigenvalue weighted by Gasteiger charge is 2.30. The van der Waals surface area contributed by atoms with Crippen molar-refractivity contribution >= 4 is 15.9 Å². The second-order valence-corrected chi connectivity index (χ2v) is 5.80. The van der Waals surface area contributed by atoms with Gasteiger partial charge in [0.15, 0.2) is 0 Å². The third-order valence-corrected chi connectivity index (χ3v) is 4.07. The van der Waals surface area contributed by atoms with E-state index in [0.717, 1.165) is 17.6 Å². The van der Waals surface area contributed by atoms with Crippen LogP contribution in [0.15, 0.2) is 33.2 Å². The first-order valence-electron chi connectivity index (χ1n) is 6.49. The third-order valence-electron chi connectivity index (χ3n) is 3.30. The van der Waals surface area contributed by atoms with Gasteiger partial charge in [0, 0.05) is 24.0 Å². The number of nitrogens with zero attached hydrogens (tertiary/aromatic N) is 3. The Labute approximate surface area is 121 Å². The largest absolute Gasteiger partial charge is 0.424 e. The highest BCUT2D eigenvalue weighted by atomic mass is 79.9. The van der Waals surface area contributed by atoms with Crippen molar-refractivity contribution in [2.45, 2.75) is 38.9 Å². The Balaban J connectivity index is 1.73. The van der Waals surface area contributed by atoms with Crippen molar-refractivity contribution in [2.75, 3.05) is 0 Å². The molecule has 4 nitrogen and oxygen atoms in total. The monoisotopic (exact) mass is 321 g/mol. The quantitative estimate of drug-likeness (QED) is 0.847. The molecule has 1 aromatic carbocycles. The highest BCUT2D eigenvalue weighted by molar-refractivity contribution is 9.10. The van der Waals surface area contributed by atoms with Crippen LogP contribution >= 0.6 is 15.9 Å². The van der Waals surface area contributed by atoms with Crippen molar-refractivity contribution < 1.29 is 4.42 Å². The first-order valence-corrected chi connectivity index (χ1v) is 7.28. The summed E-state index contributed by atoms with van der Waals surface area (Å²) in [4.78, 5) is 2.41. The smallest absolute Gasteiger partial charge is 0.230 e. The molecule has 0 spiro atoms. The van der Waals surface area contributed by atoms with Gasteiger partial charge in [0.1, 0.15) is 0 Å². The Hall–Kier alpha value is -1.20. The molecule has 0 bridgehead atoms. The summed E-state index contributed by atoms with van der Waals surface area (Å²) in [6, 6.07) is 8.99. The molecule has 0 aliphatic heterocycles. The summed E-state index contributed by atoms with van der Waals surface area (Å²) >= 11 is 3.61. The van der Waals surface area contributed by atoms with Crippen molar-refractivity contribution in [1.82, 2.24) is 15.1 Å². The van der Waals surface area contributed by atoms with Gasteiger partial charge in [0.2, 0.25) is 11.8 Å². The van der Waals surface area contributed by atoms with Crippen molar-refractivity contribution in [1.29, 1.82) is 0 Å². The van der Waals surface area contributed by atoms with Crippen LogP contribution in [0.3, 0.4) is 0 Å². The predicted molar refractivity (Wildman–Crippen MR) is 75.4 cm³/mol. The number of rotatable bonds is 5. The van der Waals surface area contributed by atoms with E-state index in [0.29, 0.717) is 17.8 Å². The fraction of sp³-hybridized carbons (Fsp3) is 0.429. The molecule has 19 heavy (non-hydrogen) atoms. The van der Waals surface area contributed by atoms with Gasteiger partial charge in [0.05, 0.1) is 6.54 Å². The van der Waals surface area contributed by atoms with Gasteiger partial charge in [-0.3, -0.25) is 4.90 Å². The molecule has 0 N–H and O–H groups in total. The Bertz CT molecular complexity index is 565. The van der Waals surface area contributed by atoms with E-state index in [1.807, 2.05) is 13.0 Å². The van der Waals surface area contributed by atoms with Crippen molar-refractivity contribution in [3.8, 4) is 0 Å². The summed E-state index contributed by atoms with van der Waals surface area (Å²) in [5.41, 5.74) is 1.30. The van der Waals surface area contributed by atoms with Crippen LogP contribution in [-0.2, 0) is 13.1 Å². The molecule has 5 heteroatoms. The van der Waals surface area contributed by atoms with Crippen molar-refractivity contribution in [2.24, 2.45) is 0 Å². The minimum atomic E-state index is 0.631. The molecule has 1 fully saturated rings. The summed E-state index contributed by atoms with van der Waals surface area (Å²) in [6.07, 6.45) is 2.52. The van der Waals surface area contributed by atoms with E-state index in [1.54, 1.807) is 0 Å². The average Bonchev–Trinajstić information content (AvgIpc) is 3.16. The lowest BCUT2D eigenvalue weighted by atomic mass is 10.2. The molecule has 0 atom stereocenters. The maximum atomic E-state index is 5.48. The van der Waals surface area contributed by atoms with Gasteiger partial charge in [-0.15, -0.1) is 10.2 Å². The van der Waals surface area contributed by atoms with Crippen LogP contribution in [-0.4, -0.2) is 21.1 Å². The zero-order chi connectivity index (χ0) is 13.2. The lowest BCUT2D eigenvalue weighted by Crippen LogP contribution is -2.25. The van der Waals surface area contributed by atoms with Crippen LogP contribution in [0.2, 0.25) is 0 Å². The molecular formula is C14H16BrN3O. The Morgan fingerprint density at radius 2 is 2.05 bits per heavy atom. The van der Waals surface area contributed by atoms with E-state index >= 15 is 0 Å². The molecule has 0 radical (unpaired) electrons. The molecule has 1 aromatic heterocycles. The summed E-state index contributed by atoms with van der Waals surface area (Å²) in [6.45, 7) is 3.46. The van der Waals surface area contributed by atoms with Crippen LogP contribution in [0, 0.1) is 6.92 Å². The van der Waals surface area contributed by atoms with E-state index < -0.39 is 0 Å². The maximum absolute atomic E-state index is 5.48. The molecule has 0 saturated heterocycles. The highest BCUT2D eigenvalue weighted by Crippen LogP contribution is 2.31. The zero-order valence-electron chi connectivity index (χ0n) is 10.8. The van der Waals surface area contributed by atoms with Crippen LogP contribution in [0.4, 0.5) is 0 Å². The SMILES string of the molecule is Cc1nnc(CN(Cc2ccccc2Br)C2CC2)o1. The molecule has 1 heterocycles. The number of aromatic nitrogens is 2. The summed E-state index contributed by atoms with van der Waals surface area (Å²) < 4.78 is 6.64. The van der Waals surface area contributed by atoms with Gasteiger partial charge in [0.25, 0.3) is 0 Å². The molecule has 1 aliphatic carbocycles. The first-order chi connectivity index (χ1) is 9.22. The van der Waals surface area contributed by atoms with Crippen LogP contribution in [0.25, 0.3) is 0 Å². The molecule has 1 saturated carbocycles. The number of aryl methyl sites for hydroxylation is 1. The van der Waals surface area contributed by atoms with E-state index in [2.05, 4.69) is 49.2 Å². The molecular weight excluding hydrogens is 306 g/mol. The number of hydrogen-bond acceptors (Lipinski definition) is 4. The molecule has 1 aliphatic rings. The standard InChI is InChI=1S/C14H16BrN3O/c1-10-16-17-14(19-10)9-18(12-6-7-12)8-11-4-2-3-5-13(11)15/h2-5,12H,6-9H2,1H3. The topological polar surface area (TPSA) is 42.2 Å². The van der Waals surface area contributed by atoms with Gasteiger partial charge in [-0.2, -0.15) is 0 Å². The van der Waals surface area contributed by atoms with Gasteiger partial charge >= 0.3 is 0 Å². The van der Waals surface area contributed by atoms with Gasteiger partial charge in [-0.1, -0.05) is 34.1 Å². The fourth-order valence-electron chi connectivity index (χ4n) is 2.17. The first kappa shape index (κ1) is 12.8. The number of hydrogen-bond donors (Lipinski definition) is 0. The van der Waals surface area contributed by atoms with E-state index in [-0.39, 0.29) is 0 Å². The lowest BCUT2D eigenvalue weighted by molar-refractivity contribution is 0.219. The van der Waals surface area contributed by atoms with Gasteiger partial charge in [-0.05, 0) is 24.5 Å². The van der Waals surface area contributed by atoms with E-state index in [4.69, 9.17) is 4.42 Å². The average molecular weight is 322 g/mol. The molecule has 0 amide bonds. The minimum absolute atomic E-state index is 0.631. The van der Waals surface area contributed by atoms with Crippen LogP contribution < -0.4 is 0 Å². The Morgan fingerprint density at radius 1 is 1.26 bits per heavy atom. The van der Waals surface area contributed by atoms with E-state index in [1.165, 1.54) is 18.4 Å². The summed E-state index contributed by atoms with van der Waals surface area (Å²) in [5, 5.41) is 7.98. The Kier molecular flexibility index (Phi) is 3.66. The van der Waals surface area contributed by atoms with Crippen molar-refractivity contribution in [3.05, 3.63) is 46.1 Å². The molecule has 3 rings (SSSR count). The predicted octanol–water partition coefficient (Wildman–Crippen LogP) is 3.31. The maximum Gasteiger partial charge on any atom is 0.230 e. The number of halogens is 1. The van der Waals surface area contributed by atoms with Crippen LogP contribution in [0.1, 0.15) is 30.2 Å². The second kappa shape index (κ2) is 5.43. The molecule has 100 valence electrons. The van der Waals surface area contributed by atoms with Gasteiger partial charge < -0.3 is 4.42 Å². The van der Waals surface area contributed by atoms with E-state index in [9.17, 15) is 0 Å². The zero-order valence-corrected chi connectivity index (χ0v) is 12.4. The van der Waals surface area contributed by atoms with Crippen molar-refractivity contribution in [3.63, 3.8) is 0 Å². The van der Waals surface area contributed by atoms with Crippen LogP contribution in [0.5, 0.6) is 0 Å². The molecule has 0 unspecified atom stereocenters. The fourth-order valence-corrected chi connectivity index (χ4v) is 2.58. The minimum Gasteiger partial charge on any atom is -0.424 e.